The number of thiophene rings is 1. The predicted molar refractivity (Wildman–Crippen MR) is 130 cm³/mol. The fourth-order valence-corrected chi connectivity index (χ4v) is 5.54. The third-order valence-corrected chi connectivity index (χ3v) is 7.56. The number of ether oxygens (including phenoxy) is 1. The summed E-state index contributed by atoms with van der Waals surface area (Å²) in [7, 11) is 1.62. The van der Waals surface area contributed by atoms with Crippen molar-refractivity contribution in [3.8, 4) is 26.9 Å². The molecule has 4 aromatic rings. The van der Waals surface area contributed by atoms with Gasteiger partial charge in [-0.3, -0.25) is 14.9 Å². The van der Waals surface area contributed by atoms with Gasteiger partial charge in [0.15, 0.2) is 5.13 Å². The fraction of sp³-hybridized carbons (Fsp3) is 0.182. The van der Waals surface area contributed by atoms with Crippen molar-refractivity contribution in [1.82, 2.24) is 15.3 Å². The van der Waals surface area contributed by atoms with Gasteiger partial charge < -0.3 is 10.1 Å². The minimum Gasteiger partial charge on any atom is -0.497 e. The summed E-state index contributed by atoms with van der Waals surface area (Å²) in [6, 6.07) is 11.5. The molecule has 4 rings (SSSR count). The van der Waals surface area contributed by atoms with Crippen LogP contribution in [0.5, 0.6) is 5.75 Å². The molecule has 32 heavy (non-hydrogen) atoms. The molecule has 164 valence electrons. The number of methoxy groups -OCH3 is 1. The number of nitrogens with zero attached hydrogens (tertiary/aromatic N) is 2. The van der Waals surface area contributed by atoms with Crippen molar-refractivity contribution in [1.29, 1.82) is 0 Å². The van der Waals surface area contributed by atoms with Gasteiger partial charge in [0.05, 0.1) is 29.9 Å². The van der Waals surface area contributed by atoms with Gasteiger partial charge in [0.25, 0.3) is 5.91 Å². The number of carbonyl (C=O) groups excluding carboxylic acids is 2. The normalized spacial score (nSPS) is 10.7. The number of aryl methyl sites for hydroxylation is 1. The van der Waals surface area contributed by atoms with Crippen LogP contribution >= 0.6 is 34.0 Å². The highest BCUT2D eigenvalue weighted by Crippen LogP contribution is 2.32. The fourth-order valence-electron chi connectivity index (χ4n) is 2.88. The molecule has 0 fully saturated rings. The summed E-state index contributed by atoms with van der Waals surface area (Å²) < 4.78 is 5.19. The second kappa shape index (κ2) is 9.60. The van der Waals surface area contributed by atoms with E-state index in [-0.39, 0.29) is 11.8 Å². The average molecular weight is 485 g/mol. The molecule has 3 aromatic heterocycles. The highest BCUT2D eigenvalue weighted by atomic mass is 32.1. The summed E-state index contributed by atoms with van der Waals surface area (Å²) in [5.74, 6) is 0.484. The van der Waals surface area contributed by atoms with Crippen LogP contribution < -0.4 is 15.4 Å². The zero-order valence-corrected chi connectivity index (χ0v) is 20.0. The van der Waals surface area contributed by atoms with Gasteiger partial charge in [-0.1, -0.05) is 0 Å². The molecular formula is C22H20N4O3S3. The Morgan fingerprint density at radius 2 is 1.84 bits per heavy atom. The lowest BCUT2D eigenvalue weighted by Crippen LogP contribution is -2.17. The summed E-state index contributed by atoms with van der Waals surface area (Å²) in [5, 5.41) is 8.89. The second-order valence-corrected chi connectivity index (χ2v) is 9.86. The number of carbonyl (C=O) groups is 2. The number of benzene rings is 1. The van der Waals surface area contributed by atoms with E-state index in [9.17, 15) is 9.59 Å². The highest BCUT2D eigenvalue weighted by molar-refractivity contribution is 7.18. The molecule has 0 atom stereocenters. The number of hydrogen-bond acceptors (Lipinski definition) is 8. The van der Waals surface area contributed by atoms with Gasteiger partial charge in [0, 0.05) is 22.7 Å². The third-order valence-electron chi connectivity index (χ3n) is 4.49. The van der Waals surface area contributed by atoms with E-state index in [1.54, 1.807) is 18.4 Å². The van der Waals surface area contributed by atoms with E-state index in [2.05, 4.69) is 20.6 Å². The number of aromatic nitrogens is 2. The van der Waals surface area contributed by atoms with E-state index in [1.807, 2.05) is 48.7 Å². The zero-order valence-electron chi connectivity index (χ0n) is 17.6. The Kier molecular flexibility index (Phi) is 6.63. The largest absolute Gasteiger partial charge is 0.497 e. The number of anilines is 1. The van der Waals surface area contributed by atoms with Gasteiger partial charge >= 0.3 is 0 Å². The Hall–Kier alpha value is -3.08. The van der Waals surface area contributed by atoms with Crippen LogP contribution in [-0.4, -0.2) is 28.9 Å². The van der Waals surface area contributed by atoms with Crippen LogP contribution in [0.2, 0.25) is 0 Å². The highest BCUT2D eigenvalue weighted by Gasteiger charge is 2.18. The van der Waals surface area contributed by atoms with Gasteiger partial charge in [0.1, 0.15) is 15.6 Å². The molecule has 10 heteroatoms. The van der Waals surface area contributed by atoms with Crippen molar-refractivity contribution < 1.29 is 14.3 Å². The van der Waals surface area contributed by atoms with Gasteiger partial charge in [-0.15, -0.1) is 34.0 Å². The number of amides is 2. The lowest BCUT2D eigenvalue weighted by Gasteiger charge is -2.00. The third kappa shape index (κ3) is 5.04. The van der Waals surface area contributed by atoms with Gasteiger partial charge in [-0.05, 0) is 43.3 Å². The average Bonchev–Trinajstić information content (AvgIpc) is 3.52. The predicted octanol–water partition coefficient (Wildman–Crippen LogP) is 5.20. The molecule has 0 spiro atoms. The van der Waals surface area contributed by atoms with Crippen molar-refractivity contribution in [3.63, 3.8) is 0 Å². The Bertz CT molecular complexity index is 1260. The van der Waals surface area contributed by atoms with E-state index in [0.717, 1.165) is 31.8 Å². The first-order valence-electron chi connectivity index (χ1n) is 9.65. The minimum atomic E-state index is -0.224. The summed E-state index contributed by atoms with van der Waals surface area (Å²) >= 11 is 4.28. The van der Waals surface area contributed by atoms with Gasteiger partial charge in [-0.2, -0.15) is 0 Å². The molecular weight excluding hydrogens is 464 g/mol. The molecule has 7 nitrogen and oxygen atoms in total. The van der Waals surface area contributed by atoms with Crippen molar-refractivity contribution >= 4 is 51.0 Å². The van der Waals surface area contributed by atoms with Crippen LogP contribution in [0, 0.1) is 6.92 Å². The number of thiazole rings is 2. The maximum Gasteiger partial charge on any atom is 0.269 e. The quantitative estimate of drug-likeness (QED) is 0.376. The molecule has 3 heterocycles. The second-order valence-electron chi connectivity index (χ2n) is 6.83. The molecule has 2 N–H and O–H groups in total. The van der Waals surface area contributed by atoms with Crippen molar-refractivity contribution in [2.75, 3.05) is 12.4 Å². The topological polar surface area (TPSA) is 93.2 Å². The van der Waals surface area contributed by atoms with Crippen LogP contribution in [0.3, 0.4) is 0 Å². The molecule has 0 bridgehead atoms. The van der Waals surface area contributed by atoms with Gasteiger partial charge in [0.2, 0.25) is 5.91 Å². The Labute approximate surface area is 197 Å². The lowest BCUT2D eigenvalue weighted by molar-refractivity contribution is -0.119. The molecule has 0 unspecified atom stereocenters. The minimum absolute atomic E-state index is 0.0629. The summed E-state index contributed by atoms with van der Waals surface area (Å²) in [4.78, 5) is 35.6. The molecule has 0 saturated carbocycles. The van der Waals surface area contributed by atoms with Crippen LogP contribution in [0.15, 0.2) is 41.8 Å². The van der Waals surface area contributed by atoms with Crippen molar-refractivity contribution in [2.45, 2.75) is 20.4 Å². The smallest absolute Gasteiger partial charge is 0.269 e. The SMILES string of the molecule is COc1ccc(-c2nc(C)c(C(=O)Nc3nc(-c4ccc(CNC(C)=O)s4)cs3)s2)cc1. The van der Waals surface area contributed by atoms with Crippen LogP contribution in [0.25, 0.3) is 21.1 Å². The van der Waals surface area contributed by atoms with Crippen LogP contribution in [0.1, 0.15) is 27.2 Å². The molecule has 0 aliphatic heterocycles. The number of nitrogens with one attached hydrogen (secondary N) is 2. The first-order chi connectivity index (χ1) is 15.4. The van der Waals surface area contributed by atoms with E-state index >= 15 is 0 Å². The maximum absolute atomic E-state index is 12.8. The van der Waals surface area contributed by atoms with Crippen LogP contribution in [-0.2, 0) is 11.3 Å². The standard InChI is InChI=1S/C22H20N4O3S3/c1-12-19(32-21(24-12)14-4-6-15(29-3)7-5-14)20(28)26-22-25-17(11-30-22)18-9-8-16(31-18)10-23-13(2)27/h4-9,11H,10H2,1-3H3,(H,23,27)(H,25,26,28). The van der Waals surface area contributed by atoms with Crippen molar-refractivity contribution in [3.05, 3.63) is 57.2 Å². The molecule has 1 aromatic carbocycles. The van der Waals surface area contributed by atoms with Gasteiger partial charge in [-0.25, -0.2) is 9.97 Å². The molecule has 0 saturated heterocycles. The Morgan fingerprint density at radius 3 is 2.56 bits per heavy atom. The van der Waals surface area contributed by atoms with E-state index in [0.29, 0.717) is 22.2 Å². The van der Waals surface area contributed by atoms with E-state index in [1.165, 1.54) is 29.6 Å². The first-order valence-corrected chi connectivity index (χ1v) is 12.2. The van der Waals surface area contributed by atoms with E-state index < -0.39 is 0 Å². The first kappa shape index (κ1) is 22.1. The molecule has 2 amide bonds. The molecule has 0 aliphatic carbocycles. The van der Waals surface area contributed by atoms with Crippen LogP contribution in [0.4, 0.5) is 5.13 Å². The maximum atomic E-state index is 12.8. The summed E-state index contributed by atoms with van der Waals surface area (Å²) in [6.07, 6.45) is 0. The Morgan fingerprint density at radius 1 is 1.06 bits per heavy atom. The summed E-state index contributed by atoms with van der Waals surface area (Å²) in [5.41, 5.74) is 2.41. The summed E-state index contributed by atoms with van der Waals surface area (Å²) in [6.45, 7) is 3.82. The number of hydrogen-bond donors (Lipinski definition) is 2. The molecule has 0 radical (unpaired) electrons. The van der Waals surface area contributed by atoms with Crippen molar-refractivity contribution in [2.24, 2.45) is 0 Å². The van der Waals surface area contributed by atoms with E-state index in [4.69, 9.17) is 4.74 Å². The lowest BCUT2D eigenvalue weighted by atomic mass is 10.2. The zero-order chi connectivity index (χ0) is 22.7. The monoisotopic (exact) mass is 484 g/mol. The molecule has 0 aliphatic rings. The number of rotatable bonds is 7. The Balaban J connectivity index is 1.45.